The van der Waals surface area contributed by atoms with Crippen molar-refractivity contribution in [2.75, 3.05) is 0 Å². The summed E-state index contributed by atoms with van der Waals surface area (Å²) < 4.78 is 0.570. The second kappa shape index (κ2) is 4.69. The molecule has 0 aromatic rings. The van der Waals surface area contributed by atoms with Gasteiger partial charge in [0.1, 0.15) is 0 Å². The molecule has 0 N–H and O–H groups in total. The summed E-state index contributed by atoms with van der Waals surface area (Å²) in [6.07, 6.45) is 14.1. The number of alkyl halides is 1. The van der Waals surface area contributed by atoms with E-state index in [1.54, 1.807) is 0 Å². The number of halogens is 1. The van der Waals surface area contributed by atoms with Crippen molar-refractivity contribution in [1.82, 2.24) is 0 Å². The monoisotopic (exact) mass is 396 g/mol. The molecule has 0 aromatic heterocycles. The van der Waals surface area contributed by atoms with Gasteiger partial charge in [-0.2, -0.15) is 0 Å². The molecular weight excluding hydrogens is 371 g/mol. The minimum atomic E-state index is 0.298. The average Bonchev–Trinajstić information content (AvgIpc) is 2.83. The van der Waals surface area contributed by atoms with Gasteiger partial charge in [0.05, 0.1) is 0 Å². The maximum atomic E-state index is 11.9. The first-order chi connectivity index (χ1) is 9.94. The first kappa shape index (κ1) is 14.5. The molecule has 6 atom stereocenters. The fourth-order valence-electron chi connectivity index (χ4n) is 6.04. The maximum absolute atomic E-state index is 11.9. The molecule has 4 aliphatic rings. The summed E-state index contributed by atoms with van der Waals surface area (Å²) in [6.45, 7) is 4.95. The van der Waals surface area contributed by atoms with Gasteiger partial charge < -0.3 is 0 Å². The smallest absolute Gasteiger partial charge is 0.155 e. The van der Waals surface area contributed by atoms with E-state index in [1.165, 1.54) is 31.3 Å². The second-order valence-electron chi connectivity index (χ2n) is 8.25. The highest BCUT2D eigenvalue weighted by Gasteiger charge is 2.56. The molecule has 1 nitrogen and oxygen atoms in total. The lowest BCUT2D eigenvalue weighted by atomic mass is 9.47. The van der Waals surface area contributed by atoms with Crippen LogP contribution in [0.25, 0.3) is 0 Å². The Hall–Kier alpha value is -0.120. The van der Waals surface area contributed by atoms with Crippen molar-refractivity contribution in [3.8, 4) is 0 Å². The van der Waals surface area contributed by atoms with E-state index in [0.717, 1.165) is 30.6 Å². The predicted octanol–water partition coefficient (Wildman–Crippen LogP) is 5.10. The molecular formula is C19H25IO. The zero-order valence-electron chi connectivity index (χ0n) is 13.1. The molecule has 0 aromatic carbocycles. The zero-order valence-corrected chi connectivity index (χ0v) is 15.2. The van der Waals surface area contributed by atoms with E-state index >= 15 is 0 Å². The van der Waals surface area contributed by atoms with Crippen LogP contribution in [0.5, 0.6) is 0 Å². The van der Waals surface area contributed by atoms with Crippen molar-refractivity contribution >= 4 is 28.4 Å². The summed E-state index contributed by atoms with van der Waals surface area (Å²) in [4.78, 5) is 11.9. The van der Waals surface area contributed by atoms with Crippen LogP contribution in [-0.4, -0.2) is 9.71 Å². The van der Waals surface area contributed by atoms with Crippen LogP contribution < -0.4 is 0 Å². The third-order valence-electron chi connectivity index (χ3n) is 7.26. The lowest BCUT2D eigenvalue weighted by molar-refractivity contribution is -0.117. The van der Waals surface area contributed by atoms with E-state index in [-0.39, 0.29) is 0 Å². The predicted molar refractivity (Wildman–Crippen MR) is 94.4 cm³/mol. The molecule has 114 valence electrons. The van der Waals surface area contributed by atoms with Gasteiger partial charge in [0, 0.05) is 10.3 Å². The quantitative estimate of drug-likeness (QED) is 0.316. The standard InChI is InChI=1S/C19H25IO/c1-18-7-3-4-14(18)13-11-17(20)16-10-12(21)5-9-19(16,2)15(13)6-8-18/h3,7,10,13-15,17H,4-6,8-9,11H2,1-2H3/t13?,14?,15?,17-,18+,19-/m1/s1. The van der Waals surface area contributed by atoms with E-state index in [1.807, 2.05) is 6.08 Å². The number of allylic oxidation sites excluding steroid dienone is 4. The van der Waals surface area contributed by atoms with Crippen molar-refractivity contribution in [3.63, 3.8) is 0 Å². The highest BCUT2D eigenvalue weighted by atomic mass is 127. The molecule has 3 unspecified atom stereocenters. The first-order valence-corrected chi connectivity index (χ1v) is 9.75. The largest absolute Gasteiger partial charge is 0.295 e. The minimum Gasteiger partial charge on any atom is -0.295 e. The number of carbonyl (C=O) groups is 1. The van der Waals surface area contributed by atoms with Crippen molar-refractivity contribution in [3.05, 3.63) is 23.8 Å². The highest BCUT2D eigenvalue weighted by molar-refractivity contribution is 14.1. The lowest BCUT2D eigenvalue weighted by Gasteiger charge is -2.58. The molecule has 0 heterocycles. The van der Waals surface area contributed by atoms with E-state index < -0.39 is 0 Å². The fraction of sp³-hybridized carbons (Fsp3) is 0.737. The van der Waals surface area contributed by atoms with Crippen LogP contribution in [0.1, 0.15) is 52.4 Å². The van der Waals surface area contributed by atoms with E-state index in [4.69, 9.17) is 0 Å². The van der Waals surface area contributed by atoms with Crippen molar-refractivity contribution in [2.45, 2.75) is 56.3 Å². The molecule has 2 saturated carbocycles. The van der Waals surface area contributed by atoms with Crippen molar-refractivity contribution in [1.29, 1.82) is 0 Å². The van der Waals surface area contributed by atoms with Gasteiger partial charge in [0.2, 0.25) is 0 Å². The third kappa shape index (κ3) is 1.96. The van der Waals surface area contributed by atoms with Crippen molar-refractivity contribution in [2.24, 2.45) is 28.6 Å². The zero-order chi connectivity index (χ0) is 14.8. The molecule has 2 heteroatoms. The van der Waals surface area contributed by atoms with Crippen LogP contribution in [0.15, 0.2) is 23.8 Å². The normalized spacial score (nSPS) is 52.0. The number of fused-ring (bicyclic) bond motifs is 5. The second-order valence-corrected chi connectivity index (χ2v) is 9.75. The minimum absolute atomic E-state index is 0.298. The molecule has 21 heavy (non-hydrogen) atoms. The number of hydrogen-bond acceptors (Lipinski definition) is 1. The summed E-state index contributed by atoms with van der Waals surface area (Å²) in [5, 5.41) is 0. The third-order valence-corrected chi connectivity index (χ3v) is 8.44. The Morgan fingerprint density at radius 1 is 1.24 bits per heavy atom. The molecule has 2 fully saturated rings. The highest BCUT2D eigenvalue weighted by Crippen LogP contribution is 2.64. The number of hydrogen-bond donors (Lipinski definition) is 0. The van der Waals surface area contributed by atoms with Crippen LogP contribution in [0.2, 0.25) is 0 Å². The van der Waals surface area contributed by atoms with Crippen LogP contribution in [-0.2, 0) is 4.79 Å². The maximum Gasteiger partial charge on any atom is 0.155 e. The Balaban J connectivity index is 1.74. The fourth-order valence-corrected chi connectivity index (χ4v) is 7.52. The number of carbonyl (C=O) groups excluding carboxylic acids is 1. The van der Waals surface area contributed by atoms with E-state index in [9.17, 15) is 4.79 Å². The Labute approximate surface area is 141 Å². The average molecular weight is 396 g/mol. The van der Waals surface area contributed by atoms with E-state index in [2.05, 4.69) is 48.6 Å². The van der Waals surface area contributed by atoms with Gasteiger partial charge in [-0.3, -0.25) is 4.79 Å². The van der Waals surface area contributed by atoms with E-state index in [0.29, 0.717) is 20.5 Å². The molecule has 0 spiro atoms. The summed E-state index contributed by atoms with van der Waals surface area (Å²) in [7, 11) is 0. The van der Waals surface area contributed by atoms with Crippen molar-refractivity contribution < 1.29 is 4.79 Å². The van der Waals surface area contributed by atoms with Crippen LogP contribution in [0.4, 0.5) is 0 Å². The Morgan fingerprint density at radius 3 is 2.86 bits per heavy atom. The molecule has 0 amide bonds. The van der Waals surface area contributed by atoms with Gasteiger partial charge in [-0.15, -0.1) is 0 Å². The van der Waals surface area contributed by atoms with Crippen LogP contribution >= 0.6 is 22.6 Å². The number of ketones is 1. The summed E-state index contributed by atoms with van der Waals surface area (Å²) in [6, 6.07) is 0. The topological polar surface area (TPSA) is 17.1 Å². The first-order valence-electron chi connectivity index (χ1n) is 8.51. The molecule has 0 saturated heterocycles. The molecule has 0 radical (unpaired) electrons. The lowest BCUT2D eigenvalue weighted by Crippen LogP contribution is -2.52. The van der Waals surface area contributed by atoms with Gasteiger partial charge in [0.15, 0.2) is 5.78 Å². The summed E-state index contributed by atoms with van der Waals surface area (Å²) in [5.74, 6) is 2.88. The van der Waals surface area contributed by atoms with Gasteiger partial charge in [0.25, 0.3) is 0 Å². The summed E-state index contributed by atoms with van der Waals surface area (Å²) >= 11 is 2.62. The molecule has 4 aliphatic carbocycles. The molecule has 0 bridgehead atoms. The SMILES string of the molecule is C[C@@]12C=CCC1C1C[C@@H](I)C3=CC(=O)CC[C@]3(C)C1CC2. The van der Waals surface area contributed by atoms with Crippen LogP contribution in [0.3, 0.4) is 0 Å². The van der Waals surface area contributed by atoms with Gasteiger partial charge >= 0.3 is 0 Å². The Bertz CT molecular complexity index is 548. The Morgan fingerprint density at radius 2 is 2.05 bits per heavy atom. The number of rotatable bonds is 0. The van der Waals surface area contributed by atoms with Crippen LogP contribution in [0, 0.1) is 28.6 Å². The van der Waals surface area contributed by atoms with Gasteiger partial charge in [-0.25, -0.2) is 0 Å². The Kier molecular flexibility index (Phi) is 3.23. The molecule has 0 aliphatic heterocycles. The molecule has 4 rings (SSSR count). The summed E-state index contributed by atoms with van der Waals surface area (Å²) in [5.41, 5.74) is 2.24. The van der Waals surface area contributed by atoms with Gasteiger partial charge in [-0.1, -0.05) is 48.6 Å². The van der Waals surface area contributed by atoms with Gasteiger partial charge in [-0.05, 0) is 72.3 Å².